The zero-order valence-electron chi connectivity index (χ0n) is 9.87. The van der Waals surface area contributed by atoms with E-state index in [1.807, 2.05) is 31.3 Å². The minimum atomic E-state index is 0.695. The number of hydrogen-bond acceptors (Lipinski definition) is 3. The van der Waals surface area contributed by atoms with Gasteiger partial charge in [0.1, 0.15) is 5.82 Å². The third-order valence-electron chi connectivity index (χ3n) is 2.58. The average Bonchev–Trinajstić information content (AvgIpc) is 2.32. The Morgan fingerprint density at radius 3 is 2.76 bits per heavy atom. The molecule has 0 saturated carbocycles. The van der Waals surface area contributed by atoms with Crippen molar-refractivity contribution in [3.63, 3.8) is 0 Å². The van der Waals surface area contributed by atoms with E-state index in [4.69, 9.17) is 0 Å². The van der Waals surface area contributed by atoms with Crippen LogP contribution in [0, 0.1) is 13.8 Å². The topological polar surface area (TPSA) is 37.8 Å². The van der Waals surface area contributed by atoms with E-state index in [2.05, 4.69) is 44.2 Å². The lowest BCUT2D eigenvalue weighted by Gasteiger charge is -2.08. The molecule has 0 aliphatic rings. The van der Waals surface area contributed by atoms with Crippen molar-refractivity contribution in [3.8, 4) is 0 Å². The van der Waals surface area contributed by atoms with Crippen LogP contribution < -0.4 is 5.32 Å². The average molecular weight is 292 g/mol. The van der Waals surface area contributed by atoms with Gasteiger partial charge < -0.3 is 5.32 Å². The van der Waals surface area contributed by atoms with Gasteiger partial charge in [-0.3, -0.25) is 4.98 Å². The lowest BCUT2D eigenvalue weighted by atomic mass is 10.2. The van der Waals surface area contributed by atoms with Gasteiger partial charge in [-0.2, -0.15) is 0 Å². The van der Waals surface area contributed by atoms with E-state index < -0.39 is 0 Å². The molecule has 0 aromatic carbocycles. The molecule has 2 aromatic rings. The van der Waals surface area contributed by atoms with Crippen molar-refractivity contribution in [3.05, 3.63) is 51.9 Å². The number of hydrogen-bond donors (Lipinski definition) is 1. The summed E-state index contributed by atoms with van der Waals surface area (Å²) in [5, 5.41) is 3.28. The SMILES string of the molecule is Cc1cccnc1CNc1ccc(Br)c(C)n1. The van der Waals surface area contributed by atoms with Crippen LogP contribution in [-0.2, 0) is 6.54 Å². The molecule has 0 unspecified atom stereocenters. The first kappa shape index (κ1) is 12.0. The number of pyridine rings is 2. The van der Waals surface area contributed by atoms with Gasteiger partial charge >= 0.3 is 0 Å². The van der Waals surface area contributed by atoms with Crippen LogP contribution in [0.15, 0.2) is 34.9 Å². The van der Waals surface area contributed by atoms with Gasteiger partial charge in [-0.25, -0.2) is 4.98 Å². The molecule has 2 heterocycles. The highest BCUT2D eigenvalue weighted by Crippen LogP contribution is 2.16. The molecule has 1 N–H and O–H groups in total. The van der Waals surface area contributed by atoms with E-state index in [1.165, 1.54) is 5.56 Å². The zero-order valence-corrected chi connectivity index (χ0v) is 11.5. The van der Waals surface area contributed by atoms with Gasteiger partial charge in [0, 0.05) is 10.7 Å². The number of aryl methyl sites for hydroxylation is 2. The van der Waals surface area contributed by atoms with Gasteiger partial charge in [0.15, 0.2) is 0 Å². The summed E-state index contributed by atoms with van der Waals surface area (Å²) >= 11 is 3.43. The first-order chi connectivity index (χ1) is 8.16. The third kappa shape index (κ3) is 3.03. The normalized spacial score (nSPS) is 10.3. The van der Waals surface area contributed by atoms with E-state index >= 15 is 0 Å². The maximum atomic E-state index is 4.43. The Kier molecular flexibility index (Phi) is 3.74. The van der Waals surface area contributed by atoms with Crippen molar-refractivity contribution < 1.29 is 0 Å². The van der Waals surface area contributed by atoms with E-state index in [1.54, 1.807) is 0 Å². The van der Waals surface area contributed by atoms with Crippen molar-refractivity contribution in [2.45, 2.75) is 20.4 Å². The van der Waals surface area contributed by atoms with Gasteiger partial charge in [-0.1, -0.05) is 6.07 Å². The van der Waals surface area contributed by atoms with E-state index in [9.17, 15) is 0 Å². The third-order valence-corrected chi connectivity index (χ3v) is 3.41. The van der Waals surface area contributed by atoms with E-state index in [-0.39, 0.29) is 0 Å². The van der Waals surface area contributed by atoms with Crippen molar-refractivity contribution >= 4 is 21.7 Å². The molecule has 0 spiro atoms. The van der Waals surface area contributed by atoms with Crippen LogP contribution in [0.5, 0.6) is 0 Å². The molecule has 88 valence electrons. The van der Waals surface area contributed by atoms with Crippen LogP contribution in [0.2, 0.25) is 0 Å². The molecule has 0 fully saturated rings. The van der Waals surface area contributed by atoms with E-state index in [0.29, 0.717) is 6.54 Å². The number of nitrogens with zero attached hydrogens (tertiary/aromatic N) is 2. The Labute approximate surface area is 109 Å². The summed E-state index contributed by atoms with van der Waals surface area (Å²) < 4.78 is 1.03. The van der Waals surface area contributed by atoms with Crippen molar-refractivity contribution in [2.75, 3.05) is 5.32 Å². The molecule has 0 bridgehead atoms. The Bertz CT molecular complexity index is 526. The van der Waals surface area contributed by atoms with Gasteiger partial charge in [0.25, 0.3) is 0 Å². The van der Waals surface area contributed by atoms with Crippen LogP contribution in [0.3, 0.4) is 0 Å². The number of halogens is 1. The molecule has 0 saturated heterocycles. The van der Waals surface area contributed by atoms with Crippen molar-refractivity contribution in [1.29, 1.82) is 0 Å². The summed E-state index contributed by atoms with van der Waals surface area (Å²) in [5.74, 6) is 0.871. The molecular formula is C13H14BrN3. The summed E-state index contributed by atoms with van der Waals surface area (Å²) in [6.07, 6.45) is 1.81. The standard InChI is InChI=1S/C13H14BrN3/c1-9-4-3-7-15-12(9)8-16-13-6-5-11(14)10(2)17-13/h3-7H,8H2,1-2H3,(H,16,17). The predicted molar refractivity (Wildman–Crippen MR) is 73.0 cm³/mol. The molecule has 0 atom stereocenters. The highest BCUT2D eigenvalue weighted by atomic mass is 79.9. The minimum absolute atomic E-state index is 0.695. The number of rotatable bonds is 3. The smallest absolute Gasteiger partial charge is 0.126 e. The molecule has 17 heavy (non-hydrogen) atoms. The van der Waals surface area contributed by atoms with Crippen LogP contribution in [0.25, 0.3) is 0 Å². The summed E-state index contributed by atoms with van der Waals surface area (Å²) in [6.45, 7) is 4.73. The number of nitrogens with one attached hydrogen (secondary N) is 1. The van der Waals surface area contributed by atoms with Gasteiger partial charge in [-0.15, -0.1) is 0 Å². The maximum absolute atomic E-state index is 4.43. The van der Waals surface area contributed by atoms with Crippen LogP contribution in [0.4, 0.5) is 5.82 Å². The summed E-state index contributed by atoms with van der Waals surface area (Å²) in [6, 6.07) is 7.95. The van der Waals surface area contributed by atoms with Gasteiger partial charge in [0.2, 0.25) is 0 Å². The molecule has 2 aromatic heterocycles. The molecular weight excluding hydrogens is 278 g/mol. The monoisotopic (exact) mass is 291 g/mol. The lowest BCUT2D eigenvalue weighted by molar-refractivity contribution is 0.999. The summed E-state index contributed by atoms with van der Waals surface area (Å²) in [4.78, 5) is 8.77. The molecule has 0 radical (unpaired) electrons. The molecule has 2 rings (SSSR count). The minimum Gasteiger partial charge on any atom is -0.364 e. The molecule has 0 amide bonds. The second-order valence-electron chi connectivity index (χ2n) is 3.88. The van der Waals surface area contributed by atoms with Crippen LogP contribution in [0.1, 0.15) is 17.0 Å². The highest BCUT2D eigenvalue weighted by Gasteiger charge is 2.01. The summed E-state index contributed by atoms with van der Waals surface area (Å²) in [7, 11) is 0. The molecule has 4 heteroatoms. The summed E-state index contributed by atoms with van der Waals surface area (Å²) in [5.41, 5.74) is 3.22. The van der Waals surface area contributed by atoms with Crippen molar-refractivity contribution in [2.24, 2.45) is 0 Å². The van der Waals surface area contributed by atoms with Gasteiger partial charge in [-0.05, 0) is 53.5 Å². The first-order valence-corrected chi connectivity index (χ1v) is 6.23. The molecule has 3 nitrogen and oxygen atoms in total. The second-order valence-corrected chi connectivity index (χ2v) is 4.74. The van der Waals surface area contributed by atoms with Crippen LogP contribution in [-0.4, -0.2) is 9.97 Å². The fourth-order valence-corrected chi connectivity index (χ4v) is 1.74. The largest absolute Gasteiger partial charge is 0.364 e. The fourth-order valence-electron chi connectivity index (χ4n) is 1.52. The Hall–Kier alpha value is -1.42. The second kappa shape index (κ2) is 5.27. The Morgan fingerprint density at radius 2 is 2.06 bits per heavy atom. The van der Waals surface area contributed by atoms with Crippen molar-refractivity contribution in [1.82, 2.24) is 9.97 Å². The highest BCUT2D eigenvalue weighted by molar-refractivity contribution is 9.10. The first-order valence-electron chi connectivity index (χ1n) is 5.44. The Morgan fingerprint density at radius 1 is 1.24 bits per heavy atom. The Balaban J connectivity index is 2.08. The number of aromatic nitrogens is 2. The quantitative estimate of drug-likeness (QED) is 0.941. The fraction of sp³-hybridized carbons (Fsp3) is 0.231. The van der Waals surface area contributed by atoms with Crippen LogP contribution >= 0.6 is 15.9 Å². The molecule has 0 aliphatic carbocycles. The van der Waals surface area contributed by atoms with Gasteiger partial charge in [0.05, 0.1) is 17.9 Å². The maximum Gasteiger partial charge on any atom is 0.126 e. The molecule has 0 aliphatic heterocycles. The number of anilines is 1. The zero-order chi connectivity index (χ0) is 12.3. The predicted octanol–water partition coefficient (Wildman–Crippen LogP) is 3.47. The lowest BCUT2D eigenvalue weighted by Crippen LogP contribution is -2.05. The van der Waals surface area contributed by atoms with E-state index in [0.717, 1.165) is 21.7 Å².